The SMILES string of the molecule is Cc1nc(-c2cc(-c3cc4c(c(S(C)(=O)=O)c3)C(=O)N(C(C)C3CC3)C4)ccn2)[nH]c1C(=O)NC1CCOCC1. The molecule has 2 fully saturated rings. The third-order valence-electron chi connectivity index (χ3n) is 8.20. The number of sulfone groups is 1. The van der Waals surface area contributed by atoms with Gasteiger partial charge >= 0.3 is 0 Å². The lowest BCUT2D eigenvalue weighted by atomic mass is 10.0. The Morgan fingerprint density at radius 1 is 1.15 bits per heavy atom. The third-order valence-corrected chi connectivity index (χ3v) is 9.32. The van der Waals surface area contributed by atoms with Crippen LogP contribution in [-0.2, 0) is 21.1 Å². The van der Waals surface area contributed by atoms with Crippen molar-refractivity contribution < 1.29 is 22.7 Å². The molecule has 6 rings (SSSR count). The molecule has 0 bridgehead atoms. The van der Waals surface area contributed by atoms with Crippen molar-refractivity contribution in [3.63, 3.8) is 0 Å². The Balaban J connectivity index is 1.32. The van der Waals surface area contributed by atoms with E-state index in [1.807, 2.05) is 19.1 Å². The number of amides is 2. The summed E-state index contributed by atoms with van der Waals surface area (Å²) in [5.41, 5.74) is 3.89. The number of aromatic nitrogens is 3. The minimum absolute atomic E-state index is 0.0507. The van der Waals surface area contributed by atoms with E-state index in [9.17, 15) is 18.0 Å². The van der Waals surface area contributed by atoms with Gasteiger partial charge in [0, 0.05) is 44.3 Å². The molecule has 0 spiro atoms. The highest BCUT2D eigenvalue weighted by atomic mass is 32.2. The number of carbonyl (C=O) groups is 2. The fourth-order valence-electron chi connectivity index (χ4n) is 5.70. The first kappa shape index (κ1) is 26.6. The summed E-state index contributed by atoms with van der Waals surface area (Å²) < 4.78 is 31.0. The summed E-state index contributed by atoms with van der Waals surface area (Å²) >= 11 is 0. The number of imidazole rings is 1. The van der Waals surface area contributed by atoms with Crippen LogP contribution in [0.3, 0.4) is 0 Å². The lowest BCUT2D eigenvalue weighted by Gasteiger charge is -2.24. The highest BCUT2D eigenvalue weighted by Crippen LogP contribution is 2.41. The molecular weight excluding hydrogens is 530 g/mol. The van der Waals surface area contributed by atoms with Gasteiger partial charge in [0.05, 0.1) is 16.2 Å². The summed E-state index contributed by atoms with van der Waals surface area (Å²) in [6, 6.07) is 7.23. The molecule has 2 aromatic heterocycles. The van der Waals surface area contributed by atoms with Gasteiger partial charge in [0.15, 0.2) is 15.7 Å². The summed E-state index contributed by atoms with van der Waals surface area (Å²) in [7, 11) is -3.67. The van der Waals surface area contributed by atoms with Crippen molar-refractivity contribution in [2.24, 2.45) is 5.92 Å². The molecule has 210 valence electrons. The predicted octanol–water partition coefficient (Wildman–Crippen LogP) is 3.51. The lowest BCUT2D eigenvalue weighted by molar-refractivity contribution is 0.0687. The first-order valence-electron chi connectivity index (χ1n) is 13.7. The summed E-state index contributed by atoms with van der Waals surface area (Å²) in [5, 5.41) is 3.05. The fraction of sp³-hybridized carbons (Fsp3) is 0.448. The Hall–Kier alpha value is -3.57. The monoisotopic (exact) mass is 563 g/mol. The Morgan fingerprint density at radius 3 is 2.60 bits per heavy atom. The maximum absolute atomic E-state index is 13.3. The molecule has 2 aliphatic heterocycles. The number of H-pyrrole nitrogens is 1. The minimum atomic E-state index is -3.67. The lowest BCUT2D eigenvalue weighted by Crippen LogP contribution is -2.39. The van der Waals surface area contributed by atoms with Crippen LogP contribution in [0.1, 0.15) is 64.7 Å². The first-order chi connectivity index (χ1) is 19.1. The second kappa shape index (κ2) is 10.1. The van der Waals surface area contributed by atoms with Gasteiger partial charge in [-0.2, -0.15) is 0 Å². The number of nitrogens with zero attached hydrogens (tertiary/aromatic N) is 3. The molecule has 10 nitrogen and oxygen atoms in total. The number of aryl methyl sites for hydroxylation is 1. The van der Waals surface area contributed by atoms with Gasteiger partial charge in [-0.3, -0.25) is 14.6 Å². The van der Waals surface area contributed by atoms with Crippen LogP contribution in [0.2, 0.25) is 0 Å². The maximum Gasteiger partial charge on any atom is 0.269 e. The maximum atomic E-state index is 13.3. The third kappa shape index (κ3) is 5.03. The van der Waals surface area contributed by atoms with Crippen LogP contribution >= 0.6 is 0 Å². The average Bonchev–Trinajstić information content (AvgIpc) is 3.63. The average molecular weight is 564 g/mol. The largest absolute Gasteiger partial charge is 0.381 e. The number of hydrogen-bond donors (Lipinski definition) is 2. The molecule has 3 aliphatic rings. The second-order valence-electron chi connectivity index (χ2n) is 11.1. The van der Waals surface area contributed by atoms with E-state index in [2.05, 4.69) is 20.3 Å². The standard InChI is InChI=1S/C29H33N5O5S/c1-16-26(28(35)32-22-7-10-39-11-8-22)33-27(31-16)23-13-19(6-9-30-23)20-12-21-15-34(17(2)18-4-5-18)29(36)25(21)24(14-20)40(3,37)38/h6,9,12-14,17-18,22H,4-5,7-8,10-11,15H2,1-3H3,(H,31,33)(H,32,35). The van der Waals surface area contributed by atoms with Crippen LogP contribution in [0.15, 0.2) is 35.4 Å². The highest BCUT2D eigenvalue weighted by molar-refractivity contribution is 7.90. The predicted molar refractivity (Wildman–Crippen MR) is 148 cm³/mol. The van der Waals surface area contributed by atoms with E-state index in [0.717, 1.165) is 43.1 Å². The van der Waals surface area contributed by atoms with E-state index >= 15 is 0 Å². The van der Waals surface area contributed by atoms with Crippen LogP contribution in [0.4, 0.5) is 0 Å². The van der Waals surface area contributed by atoms with Crippen LogP contribution in [0.25, 0.3) is 22.6 Å². The highest BCUT2D eigenvalue weighted by Gasteiger charge is 2.40. The number of hydrogen-bond acceptors (Lipinski definition) is 7. The van der Waals surface area contributed by atoms with Crippen molar-refractivity contribution in [1.29, 1.82) is 0 Å². The fourth-order valence-corrected chi connectivity index (χ4v) is 6.63. The van der Waals surface area contributed by atoms with Crippen LogP contribution in [0.5, 0.6) is 0 Å². The number of fused-ring (bicyclic) bond motifs is 1. The molecule has 3 aromatic rings. The number of rotatable bonds is 7. The number of pyridine rings is 1. The Kier molecular flexibility index (Phi) is 6.74. The second-order valence-corrected chi connectivity index (χ2v) is 13.1. The quantitative estimate of drug-likeness (QED) is 0.449. The van der Waals surface area contributed by atoms with E-state index in [-0.39, 0.29) is 34.4 Å². The molecule has 2 amide bonds. The van der Waals surface area contributed by atoms with Crippen molar-refractivity contribution >= 4 is 21.7 Å². The van der Waals surface area contributed by atoms with Gasteiger partial charge in [-0.15, -0.1) is 0 Å². The Labute approximate surface area is 233 Å². The molecule has 1 aliphatic carbocycles. The summed E-state index contributed by atoms with van der Waals surface area (Å²) in [6.45, 7) is 5.46. The zero-order valence-electron chi connectivity index (χ0n) is 22.9. The van der Waals surface area contributed by atoms with E-state index in [1.54, 1.807) is 30.2 Å². The molecule has 40 heavy (non-hydrogen) atoms. The van der Waals surface area contributed by atoms with E-state index in [0.29, 0.717) is 54.1 Å². The van der Waals surface area contributed by atoms with Crippen molar-refractivity contribution in [2.75, 3.05) is 19.5 Å². The summed E-state index contributed by atoms with van der Waals surface area (Å²) in [5.74, 6) is 0.489. The number of carbonyl (C=O) groups excluding carboxylic acids is 2. The van der Waals surface area contributed by atoms with Crippen molar-refractivity contribution in [3.05, 3.63) is 53.0 Å². The van der Waals surface area contributed by atoms with Gasteiger partial charge in [-0.1, -0.05) is 0 Å². The van der Waals surface area contributed by atoms with Gasteiger partial charge in [0.2, 0.25) is 0 Å². The van der Waals surface area contributed by atoms with Gasteiger partial charge in [0.1, 0.15) is 11.4 Å². The summed E-state index contributed by atoms with van der Waals surface area (Å²) in [4.78, 5) is 40.2. The molecule has 1 aromatic carbocycles. The molecule has 11 heteroatoms. The Bertz CT molecular complexity index is 1600. The molecule has 0 radical (unpaired) electrons. The van der Waals surface area contributed by atoms with Crippen LogP contribution in [-0.4, -0.2) is 71.6 Å². The molecule has 1 unspecified atom stereocenters. The van der Waals surface area contributed by atoms with E-state index < -0.39 is 9.84 Å². The van der Waals surface area contributed by atoms with Gasteiger partial charge in [-0.05, 0) is 86.4 Å². The smallest absolute Gasteiger partial charge is 0.269 e. The molecule has 2 N–H and O–H groups in total. The zero-order chi connectivity index (χ0) is 28.2. The van der Waals surface area contributed by atoms with Crippen molar-refractivity contribution in [1.82, 2.24) is 25.2 Å². The molecule has 1 saturated heterocycles. The van der Waals surface area contributed by atoms with Crippen LogP contribution < -0.4 is 5.32 Å². The number of benzene rings is 1. The van der Waals surface area contributed by atoms with E-state index in [1.165, 1.54) is 0 Å². The van der Waals surface area contributed by atoms with Crippen LogP contribution in [0, 0.1) is 12.8 Å². The van der Waals surface area contributed by atoms with Gasteiger partial charge in [-0.25, -0.2) is 13.4 Å². The normalized spacial score (nSPS) is 18.6. The molecule has 1 atom stereocenters. The molecule has 1 saturated carbocycles. The van der Waals surface area contributed by atoms with Gasteiger partial charge in [0.25, 0.3) is 11.8 Å². The van der Waals surface area contributed by atoms with E-state index in [4.69, 9.17) is 4.74 Å². The number of ether oxygens (including phenoxy) is 1. The zero-order valence-corrected chi connectivity index (χ0v) is 23.7. The molecular formula is C29H33N5O5S. The van der Waals surface area contributed by atoms with Crippen molar-refractivity contribution in [3.8, 4) is 22.6 Å². The Morgan fingerprint density at radius 2 is 1.90 bits per heavy atom. The van der Waals surface area contributed by atoms with Crippen molar-refractivity contribution in [2.45, 2.75) is 63.1 Å². The number of aromatic amines is 1. The topological polar surface area (TPSA) is 134 Å². The van der Waals surface area contributed by atoms with Gasteiger partial charge < -0.3 is 19.9 Å². The minimum Gasteiger partial charge on any atom is -0.381 e. The number of nitrogens with one attached hydrogen (secondary N) is 2. The first-order valence-corrected chi connectivity index (χ1v) is 15.6. The molecule has 4 heterocycles. The summed E-state index contributed by atoms with van der Waals surface area (Å²) in [6.07, 6.45) is 6.50.